The van der Waals surface area contributed by atoms with Crippen molar-refractivity contribution in [1.29, 1.82) is 0 Å². The second-order valence-corrected chi connectivity index (χ2v) is 10.1. The average molecular weight is 526 g/mol. The van der Waals surface area contributed by atoms with Crippen LogP contribution in [-0.2, 0) is 0 Å². The van der Waals surface area contributed by atoms with E-state index in [2.05, 4.69) is 72.8 Å². The molecule has 0 aliphatic heterocycles. The summed E-state index contributed by atoms with van der Waals surface area (Å²) in [6, 6.07) is 47.5. The molecular weight excluding hydrogens is 502 g/mol. The number of aromatic nitrogens is 3. The third-order valence-corrected chi connectivity index (χ3v) is 7.48. The molecule has 0 saturated carbocycles. The van der Waals surface area contributed by atoms with Crippen LogP contribution >= 0.6 is 0 Å². The fourth-order valence-corrected chi connectivity index (χ4v) is 5.50. The Morgan fingerprint density at radius 1 is 0.390 bits per heavy atom. The second kappa shape index (κ2) is 9.54. The van der Waals surface area contributed by atoms with Crippen molar-refractivity contribution in [2.24, 2.45) is 0 Å². The minimum Gasteiger partial charge on any atom is -0.456 e. The van der Waals surface area contributed by atoms with Gasteiger partial charge in [-0.15, -0.1) is 0 Å². The summed E-state index contributed by atoms with van der Waals surface area (Å²) in [6.45, 7) is 0. The highest BCUT2D eigenvalue weighted by atomic mass is 16.3. The Bertz CT molecular complexity index is 2130. The molecule has 2 heterocycles. The number of hydrogen-bond acceptors (Lipinski definition) is 4. The molecule has 0 saturated heterocycles. The standard InChI is InChI=1S/C37H23N3O/c1-4-12-24(13-5-1)30-21-29(23-33-34(30)31-20-27-18-10-11-19-28(27)22-32(31)41-33)37-39-35(25-14-6-2-7-15-25)38-36(40-37)26-16-8-3-9-17-26/h1-23H. The highest BCUT2D eigenvalue weighted by Crippen LogP contribution is 2.41. The van der Waals surface area contributed by atoms with Gasteiger partial charge in [0.15, 0.2) is 17.5 Å². The summed E-state index contributed by atoms with van der Waals surface area (Å²) in [4.78, 5) is 14.8. The van der Waals surface area contributed by atoms with Crippen molar-refractivity contribution in [2.45, 2.75) is 0 Å². The largest absolute Gasteiger partial charge is 0.456 e. The van der Waals surface area contributed by atoms with Crippen molar-refractivity contribution in [2.75, 3.05) is 0 Å². The van der Waals surface area contributed by atoms with Gasteiger partial charge in [0.2, 0.25) is 0 Å². The third-order valence-electron chi connectivity index (χ3n) is 7.48. The van der Waals surface area contributed by atoms with Crippen LogP contribution in [0.25, 0.3) is 78.0 Å². The first-order chi connectivity index (χ1) is 20.3. The number of nitrogens with zero attached hydrogens (tertiary/aromatic N) is 3. The molecule has 41 heavy (non-hydrogen) atoms. The molecule has 4 heteroatoms. The Labute approximate surface area is 236 Å². The predicted molar refractivity (Wildman–Crippen MR) is 166 cm³/mol. The molecule has 8 rings (SSSR count). The van der Waals surface area contributed by atoms with Gasteiger partial charge in [0.1, 0.15) is 11.2 Å². The van der Waals surface area contributed by atoms with E-state index in [0.717, 1.165) is 55.1 Å². The molecule has 0 fully saturated rings. The van der Waals surface area contributed by atoms with Crippen molar-refractivity contribution in [3.63, 3.8) is 0 Å². The molecule has 192 valence electrons. The van der Waals surface area contributed by atoms with Crippen molar-refractivity contribution >= 4 is 32.7 Å². The van der Waals surface area contributed by atoms with E-state index in [0.29, 0.717) is 17.5 Å². The molecule has 4 nitrogen and oxygen atoms in total. The fourth-order valence-electron chi connectivity index (χ4n) is 5.50. The highest BCUT2D eigenvalue weighted by Gasteiger charge is 2.19. The van der Waals surface area contributed by atoms with Crippen molar-refractivity contribution < 1.29 is 4.42 Å². The van der Waals surface area contributed by atoms with E-state index in [1.807, 2.05) is 66.7 Å². The molecule has 0 amide bonds. The zero-order chi connectivity index (χ0) is 27.2. The van der Waals surface area contributed by atoms with E-state index < -0.39 is 0 Å². The maximum Gasteiger partial charge on any atom is 0.164 e. The Hall–Kier alpha value is -5.61. The molecule has 0 N–H and O–H groups in total. The molecule has 0 spiro atoms. The van der Waals surface area contributed by atoms with Crippen LogP contribution < -0.4 is 0 Å². The number of fused-ring (bicyclic) bond motifs is 4. The van der Waals surface area contributed by atoms with Crippen LogP contribution in [0.2, 0.25) is 0 Å². The van der Waals surface area contributed by atoms with Gasteiger partial charge < -0.3 is 4.42 Å². The van der Waals surface area contributed by atoms with Gasteiger partial charge in [-0.1, -0.05) is 115 Å². The minimum atomic E-state index is 0.599. The first-order valence-electron chi connectivity index (χ1n) is 13.6. The van der Waals surface area contributed by atoms with E-state index in [4.69, 9.17) is 19.4 Å². The van der Waals surface area contributed by atoms with E-state index in [-0.39, 0.29) is 0 Å². The fraction of sp³-hybridized carbons (Fsp3) is 0. The molecule has 0 bridgehead atoms. The smallest absolute Gasteiger partial charge is 0.164 e. The van der Waals surface area contributed by atoms with Crippen LogP contribution in [0.3, 0.4) is 0 Å². The summed E-state index contributed by atoms with van der Waals surface area (Å²) in [5.41, 5.74) is 6.59. The zero-order valence-electron chi connectivity index (χ0n) is 22.0. The van der Waals surface area contributed by atoms with Gasteiger partial charge in [-0.2, -0.15) is 0 Å². The molecule has 6 aromatic carbocycles. The maximum absolute atomic E-state index is 6.54. The van der Waals surface area contributed by atoms with Crippen molar-refractivity contribution in [3.05, 3.63) is 140 Å². The van der Waals surface area contributed by atoms with E-state index in [9.17, 15) is 0 Å². The first-order valence-corrected chi connectivity index (χ1v) is 13.6. The summed E-state index contributed by atoms with van der Waals surface area (Å²) in [6.07, 6.45) is 0. The summed E-state index contributed by atoms with van der Waals surface area (Å²) in [7, 11) is 0. The Balaban J connectivity index is 1.42. The van der Waals surface area contributed by atoms with Gasteiger partial charge in [0, 0.05) is 27.5 Å². The van der Waals surface area contributed by atoms with Gasteiger partial charge >= 0.3 is 0 Å². The zero-order valence-corrected chi connectivity index (χ0v) is 22.0. The van der Waals surface area contributed by atoms with Crippen LogP contribution in [0.5, 0.6) is 0 Å². The summed E-state index contributed by atoms with van der Waals surface area (Å²) in [5, 5.41) is 4.51. The van der Waals surface area contributed by atoms with Crippen LogP contribution in [0, 0.1) is 0 Å². The Morgan fingerprint density at radius 3 is 1.46 bits per heavy atom. The van der Waals surface area contributed by atoms with Gasteiger partial charge in [-0.05, 0) is 46.2 Å². The van der Waals surface area contributed by atoms with Gasteiger partial charge in [-0.3, -0.25) is 0 Å². The molecule has 0 unspecified atom stereocenters. The molecule has 0 atom stereocenters. The Morgan fingerprint density at radius 2 is 0.878 bits per heavy atom. The average Bonchev–Trinajstić information content (AvgIpc) is 3.41. The SMILES string of the molecule is c1ccc(-c2nc(-c3ccccc3)nc(-c3cc(-c4ccccc4)c4c(c3)oc3cc5ccccc5cc34)n2)cc1. The van der Waals surface area contributed by atoms with Crippen LogP contribution in [0.1, 0.15) is 0 Å². The quantitative estimate of drug-likeness (QED) is 0.230. The summed E-state index contributed by atoms with van der Waals surface area (Å²) in [5.74, 6) is 1.86. The van der Waals surface area contributed by atoms with E-state index in [1.165, 1.54) is 5.39 Å². The number of benzene rings is 6. The molecular formula is C37H23N3O. The first kappa shape index (κ1) is 23.3. The topological polar surface area (TPSA) is 51.8 Å². The van der Waals surface area contributed by atoms with Crippen LogP contribution in [0.4, 0.5) is 0 Å². The number of rotatable bonds is 4. The normalized spacial score (nSPS) is 11.4. The van der Waals surface area contributed by atoms with Gasteiger partial charge in [0.05, 0.1) is 0 Å². The van der Waals surface area contributed by atoms with E-state index >= 15 is 0 Å². The lowest BCUT2D eigenvalue weighted by Gasteiger charge is -2.11. The number of furan rings is 1. The molecule has 0 radical (unpaired) electrons. The second-order valence-electron chi connectivity index (χ2n) is 10.1. The predicted octanol–water partition coefficient (Wildman–Crippen LogP) is 9.59. The lowest BCUT2D eigenvalue weighted by molar-refractivity contribution is 0.669. The van der Waals surface area contributed by atoms with Crippen molar-refractivity contribution in [1.82, 2.24) is 15.0 Å². The van der Waals surface area contributed by atoms with Crippen LogP contribution in [-0.4, -0.2) is 15.0 Å². The number of hydrogen-bond donors (Lipinski definition) is 0. The highest BCUT2D eigenvalue weighted by molar-refractivity contribution is 6.16. The lowest BCUT2D eigenvalue weighted by atomic mass is 9.96. The summed E-state index contributed by atoms with van der Waals surface area (Å²) < 4.78 is 6.54. The lowest BCUT2D eigenvalue weighted by Crippen LogP contribution is -2.00. The molecule has 0 aliphatic rings. The van der Waals surface area contributed by atoms with E-state index in [1.54, 1.807) is 0 Å². The minimum absolute atomic E-state index is 0.599. The summed E-state index contributed by atoms with van der Waals surface area (Å²) >= 11 is 0. The monoisotopic (exact) mass is 525 g/mol. The molecule has 8 aromatic rings. The third kappa shape index (κ3) is 4.14. The molecule has 0 aliphatic carbocycles. The van der Waals surface area contributed by atoms with Crippen molar-refractivity contribution in [3.8, 4) is 45.3 Å². The molecule has 2 aromatic heterocycles. The van der Waals surface area contributed by atoms with Crippen LogP contribution in [0.15, 0.2) is 144 Å². The van der Waals surface area contributed by atoms with Gasteiger partial charge in [0.25, 0.3) is 0 Å². The maximum atomic E-state index is 6.54. The Kier molecular flexibility index (Phi) is 5.42. The van der Waals surface area contributed by atoms with Gasteiger partial charge in [-0.25, -0.2) is 15.0 Å².